The van der Waals surface area contributed by atoms with E-state index < -0.39 is 11.9 Å². The fraction of sp³-hybridized carbons (Fsp3) is 0.500. The minimum absolute atomic E-state index is 0.0401. The van der Waals surface area contributed by atoms with Crippen LogP contribution in [0.4, 0.5) is 4.39 Å². The van der Waals surface area contributed by atoms with Crippen molar-refractivity contribution in [3.63, 3.8) is 0 Å². The highest BCUT2D eigenvalue weighted by Gasteiger charge is 2.26. The summed E-state index contributed by atoms with van der Waals surface area (Å²) in [5.74, 6) is -0.566. The summed E-state index contributed by atoms with van der Waals surface area (Å²) in [6.45, 7) is 1.20. The molecule has 16 heavy (non-hydrogen) atoms. The zero-order chi connectivity index (χ0) is 11.5. The molecule has 2 nitrogen and oxygen atoms in total. The van der Waals surface area contributed by atoms with E-state index in [4.69, 9.17) is 16.3 Å². The molecule has 0 amide bonds. The molecule has 1 N–H and O–H groups in total. The molecule has 1 aromatic carbocycles. The molecule has 2 rings (SSSR count). The van der Waals surface area contributed by atoms with E-state index in [9.17, 15) is 9.50 Å². The van der Waals surface area contributed by atoms with E-state index in [0.29, 0.717) is 6.61 Å². The van der Waals surface area contributed by atoms with Crippen LogP contribution in [0.1, 0.15) is 24.5 Å². The van der Waals surface area contributed by atoms with Crippen molar-refractivity contribution in [1.82, 2.24) is 0 Å². The number of ether oxygens (including phenoxy) is 1. The molecular formula is C12H14ClFO2. The van der Waals surface area contributed by atoms with Gasteiger partial charge < -0.3 is 9.84 Å². The molecule has 0 saturated carbocycles. The van der Waals surface area contributed by atoms with Crippen molar-refractivity contribution in [2.45, 2.75) is 18.9 Å². The third kappa shape index (κ3) is 2.37. The van der Waals surface area contributed by atoms with E-state index in [1.807, 2.05) is 0 Å². The summed E-state index contributed by atoms with van der Waals surface area (Å²) < 4.78 is 19.0. The summed E-state index contributed by atoms with van der Waals surface area (Å²) in [5.41, 5.74) is 0.267. The van der Waals surface area contributed by atoms with E-state index >= 15 is 0 Å². The number of aliphatic hydroxyl groups is 1. The topological polar surface area (TPSA) is 29.5 Å². The summed E-state index contributed by atoms with van der Waals surface area (Å²) in [6.07, 6.45) is 0.927. The number of hydrogen-bond acceptors (Lipinski definition) is 2. The zero-order valence-corrected chi connectivity index (χ0v) is 9.58. The van der Waals surface area contributed by atoms with Crippen molar-refractivity contribution in [3.8, 4) is 0 Å². The molecule has 0 radical (unpaired) electrons. The van der Waals surface area contributed by atoms with Gasteiger partial charge in [0.25, 0.3) is 0 Å². The quantitative estimate of drug-likeness (QED) is 0.867. The average molecular weight is 245 g/mol. The van der Waals surface area contributed by atoms with E-state index in [0.717, 1.165) is 19.4 Å². The van der Waals surface area contributed by atoms with Crippen LogP contribution in [0.15, 0.2) is 18.2 Å². The van der Waals surface area contributed by atoms with Gasteiger partial charge in [0.05, 0.1) is 17.7 Å². The van der Waals surface area contributed by atoms with Crippen molar-refractivity contribution in [1.29, 1.82) is 0 Å². The average Bonchev–Trinajstić information content (AvgIpc) is 2.33. The Morgan fingerprint density at radius 3 is 3.00 bits per heavy atom. The maximum Gasteiger partial charge on any atom is 0.147 e. The molecule has 2 unspecified atom stereocenters. The second kappa shape index (κ2) is 5.13. The second-order valence-corrected chi connectivity index (χ2v) is 4.47. The van der Waals surface area contributed by atoms with Gasteiger partial charge in [-0.3, -0.25) is 0 Å². The van der Waals surface area contributed by atoms with Crippen molar-refractivity contribution < 1.29 is 14.2 Å². The standard InChI is InChI=1S/C12H14ClFO2/c13-10-5-1-4-9(11(10)14)12(15)8-3-2-6-16-7-8/h1,4-5,8,12,15H,2-3,6-7H2. The first-order valence-corrected chi connectivity index (χ1v) is 5.77. The van der Waals surface area contributed by atoms with Crippen LogP contribution in [0, 0.1) is 11.7 Å². The van der Waals surface area contributed by atoms with Crippen LogP contribution in [-0.4, -0.2) is 18.3 Å². The minimum Gasteiger partial charge on any atom is -0.388 e. The van der Waals surface area contributed by atoms with Crippen LogP contribution in [0.3, 0.4) is 0 Å². The molecule has 1 fully saturated rings. The van der Waals surface area contributed by atoms with Gasteiger partial charge in [0, 0.05) is 18.1 Å². The molecule has 1 heterocycles. The Bertz CT molecular complexity index is 364. The lowest BCUT2D eigenvalue weighted by atomic mass is 9.91. The molecule has 0 aliphatic carbocycles. The maximum atomic E-state index is 13.7. The van der Waals surface area contributed by atoms with E-state index in [1.165, 1.54) is 6.07 Å². The van der Waals surface area contributed by atoms with Gasteiger partial charge in [-0.15, -0.1) is 0 Å². The Hall–Kier alpha value is -0.640. The third-order valence-corrected chi connectivity index (χ3v) is 3.23. The Balaban J connectivity index is 2.19. The second-order valence-electron chi connectivity index (χ2n) is 4.07. The maximum absolute atomic E-state index is 13.7. The van der Waals surface area contributed by atoms with Gasteiger partial charge in [0.1, 0.15) is 5.82 Å². The molecule has 0 aromatic heterocycles. The highest BCUT2D eigenvalue weighted by molar-refractivity contribution is 6.30. The molecule has 0 spiro atoms. The smallest absolute Gasteiger partial charge is 0.147 e. The molecule has 2 atom stereocenters. The lowest BCUT2D eigenvalue weighted by Crippen LogP contribution is -2.24. The van der Waals surface area contributed by atoms with Crippen LogP contribution >= 0.6 is 11.6 Å². The van der Waals surface area contributed by atoms with Crippen LogP contribution in [0.2, 0.25) is 5.02 Å². The number of hydrogen-bond donors (Lipinski definition) is 1. The SMILES string of the molecule is OC(c1cccc(Cl)c1F)C1CCCOC1. The summed E-state index contributed by atoms with van der Waals surface area (Å²) in [7, 11) is 0. The van der Waals surface area contributed by atoms with Gasteiger partial charge in [-0.1, -0.05) is 23.7 Å². The molecule has 1 aromatic rings. The summed E-state index contributed by atoms with van der Waals surface area (Å²) in [4.78, 5) is 0. The van der Waals surface area contributed by atoms with E-state index in [2.05, 4.69) is 0 Å². The Morgan fingerprint density at radius 1 is 1.50 bits per heavy atom. The molecule has 1 saturated heterocycles. The Morgan fingerprint density at radius 2 is 2.31 bits per heavy atom. The minimum atomic E-state index is -0.834. The van der Waals surface area contributed by atoms with Crippen LogP contribution in [0.25, 0.3) is 0 Å². The van der Waals surface area contributed by atoms with Gasteiger partial charge >= 0.3 is 0 Å². The first-order valence-electron chi connectivity index (χ1n) is 5.40. The number of benzene rings is 1. The van der Waals surface area contributed by atoms with Crippen molar-refractivity contribution >= 4 is 11.6 Å². The van der Waals surface area contributed by atoms with E-state index in [1.54, 1.807) is 12.1 Å². The summed E-state index contributed by atoms with van der Waals surface area (Å²) in [6, 6.07) is 4.69. The van der Waals surface area contributed by atoms with Gasteiger partial charge in [-0.25, -0.2) is 4.39 Å². The molecule has 1 aliphatic rings. The van der Waals surface area contributed by atoms with Crippen LogP contribution in [-0.2, 0) is 4.74 Å². The fourth-order valence-electron chi connectivity index (χ4n) is 2.02. The van der Waals surface area contributed by atoms with Crippen LogP contribution < -0.4 is 0 Å². The monoisotopic (exact) mass is 244 g/mol. The van der Waals surface area contributed by atoms with Gasteiger partial charge in [0.2, 0.25) is 0 Å². The zero-order valence-electron chi connectivity index (χ0n) is 8.83. The van der Waals surface area contributed by atoms with Crippen molar-refractivity contribution in [2.24, 2.45) is 5.92 Å². The Kier molecular flexibility index (Phi) is 3.79. The third-order valence-electron chi connectivity index (χ3n) is 2.94. The van der Waals surface area contributed by atoms with Gasteiger partial charge in [-0.2, -0.15) is 0 Å². The highest BCUT2D eigenvalue weighted by atomic mass is 35.5. The first kappa shape index (κ1) is 11.8. The predicted octanol–water partition coefficient (Wildman–Crippen LogP) is 2.94. The van der Waals surface area contributed by atoms with Crippen molar-refractivity contribution in [2.75, 3.05) is 13.2 Å². The lowest BCUT2D eigenvalue weighted by molar-refractivity contribution is -0.0112. The summed E-state index contributed by atoms with van der Waals surface area (Å²) in [5, 5.41) is 10.1. The van der Waals surface area contributed by atoms with Gasteiger partial charge in [-0.05, 0) is 18.9 Å². The molecule has 88 valence electrons. The van der Waals surface area contributed by atoms with E-state index in [-0.39, 0.29) is 16.5 Å². The normalized spacial score (nSPS) is 23.1. The van der Waals surface area contributed by atoms with Crippen LogP contribution in [0.5, 0.6) is 0 Å². The molecular weight excluding hydrogens is 231 g/mol. The highest BCUT2D eigenvalue weighted by Crippen LogP contribution is 2.32. The molecule has 1 aliphatic heterocycles. The molecule has 4 heteroatoms. The summed E-state index contributed by atoms with van der Waals surface area (Å²) >= 11 is 5.68. The predicted molar refractivity (Wildman–Crippen MR) is 59.9 cm³/mol. The molecule has 0 bridgehead atoms. The first-order chi connectivity index (χ1) is 7.70. The number of halogens is 2. The van der Waals surface area contributed by atoms with Gasteiger partial charge in [0.15, 0.2) is 0 Å². The fourth-order valence-corrected chi connectivity index (χ4v) is 2.20. The lowest BCUT2D eigenvalue weighted by Gasteiger charge is -2.27. The largest absolute Gasteiger partial charge is 0.388 e. The number of aliphatic hydroxyl groups excluding tert-OH is 1. The number of rotatable bonds is 2. The Labute approximate surface area is 99.0 Å². The van der Waals surface area contributed by atoms with Crippen molar-refractivity contribution in [3.05, 3.63) is 34.6 Å².